The summed E-state index contributed by atoms with van der Waals surface area (Å²) in [5.41, 5.74) is 3.74. The van der Waals surface area contributed by atoms with Gasteiger partial charge in [-0.05, 0) is 44.2 Å². The number of carbonyl (C=O) groups is 2. The van der Waals surface area contributed by atoms with Gasteiger partial charge in [-0.2, -0.15) is 0 Å². The molecule has 1 aliphatic heterocycles. The number of fused-ring (bicyclic) bond motifs is 1. The van der Waals surface area contributed by atoms with E-state index < -0.39 is 12.1 Å². The smallest absolute Gasteiger partial charge is 0.268 e. The minimum Gasteiger partial charge on any atom is -0.495 e. The fourth-order valence-corrected chi connectivity index (χ4v) is 4.98. The van der Waals surface area contributed by atoms with Crippen LogP contribution in [0.3, 0.4) is 0 Å². The lowest BCUT2D eigenvalue weighted by Gasteiger charge is -2.36. The van der Waals surface area contributed by atoms with Crippen molar-refractivity contribution in [2.75, 3.05) is 17.3 Å². The predicted octanol–water partition coefficient (Wildman–Crippen LogP) is 5.63. The number of thiazole rings is 1. The van der Waals surface area contributed by atoms with Crippen molar-refractivity contribution in [3.8, 4) is 33.3 Å². The third-order valence-electron chi connectivity index (χ3n) is 6.06. The average molecular weight is 500 g/mol. The Morgan fingerprint density at radius 3 is 2.61 bits per heavy atom. The molecule has 0 spiro atoms. The van der Waals surface area contributed by atoms with Gasteiger partial charge in [0.2, 0.25) is 5.91 Å². The molecule has 2 atom stereocenters. The van der Waals surface area contributed by atoms with Gasteiger partial charge in [-0.15, -0.1) is 11.3 Å². The number of methoxy groups -OCH3 is 1. The van der Waals surface area contributed by atoms with Gasteiger partial charge >= 0.3 is 0 Å². The van der Waals surface area contributed by atoms with E-state index in [4.69, 9.17) is 14.5 Å². The van der Waals surface area contributed by atoms with Crippen LogP contribution in [0.15, 0.2) is 78.2 Å². The maximum atomic E-state index is 13.2. The second kappa shape index (κ2) is 9.83. The van der Waals surface area contributed by atoms with E-state index in [1.807, 2.05) is 66.0 Å². The van der Waals surface area contributed by atoms with Gasteiger partial charge in [-0.25, -0.2) is 4.98 Å². The number of nitrogens with one attached hydrogen (secondary N) is 1. The quantitative estimate of drug-likeness (QED) is 0.372. The van der Waals surface area contributed by atoms with E-state index >= 15 is 0 Å². The predicted molar refractivity (Wildman–Crippen MR) is 142 cm³/mol. The highest BCUT2D eigenvalue weighted by Gasteiger charge is 2.37. The lowest BCUT2D eigenvalue weighted by molar-refractivity contribution is -0.128. The van der Waals surface area contributed by atoms with E-state index in [0.717, 1.165) is 21.8 Å². The molecule has 0 aliphatic carbocycles. The summed E-state index contributed by atoms with van der Waals surface area (Å²) in [5, 5.41) is 5.78. The SMILES string of the molecule is COc1ccccc1NC(=O)C(C)N1C(=O)C(C)Oc2ccc(-c3csc(-c4ccccc4)n3)cc21. The second-order valence-corrected chi connectivity index (χ2v) is 9.28. The van der Waals surface area contributed by atoms with Crippen molar-refractivity contribution >= 4 is 34.5 Å². The first-order chi connectivity index (χ1) is 17.5. The van der Waals surface area contributed by atoms with Crippen molar-refractivity contribution in [3.63, 3.8) is 0 Å². The van der Waals surface area contributed by atoms with Crippen LogP contribution in [0.2, 0.25) is 0 Å². The van der Waals surface area contributed by atoms with Crippen LogP contribution in [0.25, 0.3) is 21.8 Å². The largest absolute Gasteiger partial charge is 0.495 e. The standard InChI is InChI=1S/C28H25N3O4S/c1-17(26(32)29-21-11-7-8-12-24(21)34-3)31-23-15-20(13-14-25(23)35-18(2)28(31)33)22-16-36-27(30-22)19-9-5-4-6-10-19/h4-18H,1-3H3,(H,29,32). The Morgan fingerprint density at radius 1 is 1.08 bits per heavy atom. The maximum Gasteiger partial charge on any atom is 0.268 e. The fraction of sp³-hybridized carbons (Fsp3) is 0.179. The summed E-state index contributed by atoms with van der Waals surface area (Å²) in [7, 11) is 1.54. The van der Waals surface area contributed by atoms with Gasteiger partial charge in [0, 0.05) is 16.5 Å². The van der Waals surface area contributed by atoms with Crippen molar-refractivity contribution in [3.05, 3.63) is 78.2 Å². The molecule has 5 rings (SSSR count). The summed E-state index contributed by atoms with van der Waals surface area (Å²) in [5.74, 6) is 0.463. The topological polar surface area (TPSA) is 80.8 Å². The van der Waals surface area contributed by atoms with Gasteiger partial charge in [0.15, 0.2) is 6.10 Å². The monoisotopic (exact) mass is 499 g/mol. The first-order valence-electron chi connectivity index (χ1n) is 11.5. The number of anilines is 2. The Bertz CT molecular complexity index is 1420. The number of carbonyl (C=O) groups excluding carboxylic acids is 2. The van der Waals surface area contributed by atoms with Gasteiger partial charge < -0.3 is 14.8 Å². The van der Waals surface area contributed by atoms with Crippen LogP contribution in [-0.2, 0) is 9.59 Å². The average Bonchev–Trinajstić information content (AvgIpc) is 3.40. The summed E-state index contributed by atoms with van der Waals surface area (Å²) in [6.07, 6.45) is -0.714. The number of benzene rings is 3. The summed E-state index contributed by atoms with van der Waals surface area (Å²) >= 11 is 1.55. The number of aromatic nitrogens is 1. The molecule has 0 saturated carbocycles. The molecular formula is C28H25N3O4S. The molecule has 2 unspecified atom stereocenters. The minimum absolute atomic E-state index is 0.287. The second-order valence-electron chi connectivity index (χ2n) is 8.42. The molecule has 0 bridgehead atoms. The molecule has 3 aromatic carbocycles. The van der Waals surface area contributed by atoms with E-state index in [0.29, 0.717) is 22.9 Å². The fourth-order valence-electron chi connectivity index (χ4n) is 4.14. The molecule has 1 aliphatic rings. The minimum atomic E-state index is -0.793. The Balaban J connectivity index is 1.47. The summed E-state index contributed by atoms with van der Waals surface area (Å²) < 4.78 is 11.2. The molecule has 1 aromatic heterocycles. The van der Waals surface area contributed by atoms with E-state index in [9.17, 15) is 9.59 Å². The molecule has 4 aromatic rings. The summed E-state index contributed by atoms with van der Waals surface area (Å²) in [4.78, 5) is 32.8. The van der Waals surface area contributed by atoms with Crippen LogP contribution in [0, 0.1) is 0 Å². The molecule has 36 heavy (non-hydrogen) atoms. The molecular weight excluding hydrogens is 474 g/mol. The zero-order valence-corrected chi connectivity index (χ0v) is 20.9. The number of amides is 2. The van der Waals surface area contributed by atoms with Crippen molar-refractivity contribution in [2.24, 2.45) is 0 Å². The van der Waals surface area contributed by atoms with Crippen LogP contribution < -0.4 is 19.7 Å². The summed E-state index contributed by atoms with van der Waals surface area (Å²) in [6, 6.07) is 21.9. The maximum absolute atomic E-state index is 13.2. The van der Waals surface area contributed by atoms with Crippen LogP contribution in [0.5, 0.6) is 11.5 Å². The Morgan fingerprint density at radius 2 is 1.83 bits per heavy atom. The molecule has 1 N–H and O–H groups in total. The van der Waals surface area contributed by atoms with Crippen molar-refractivity contribution in [2.45, 2.75) is 26.0 Å². The van der Waals surface area contributed by atoms with Crippen LogP contribution >= 0.6 is 11.3 Å². The van der Waals surface area contributed by atoms with Crippen molar-refractivity contribution in [1.29, 1.82) is 0 Å². The molecule has 7 nitrogen and oxygen atoms in total. The van der Waals surface area contributed by atoms with E-state index in [2.05, 4.69) is 5.32 Å². The zero-order valence-electron chi connectivity index (χ0n) is 20.1. The van der Waals surface area contributed by atoms with Gasteiger partial charge in [0.25, 0.3) is 5.91 Å². The number of nitrogens with zero attached hydrogens (tertiary/aromatic N) is 2. The molecule has 2 amide bonds. The zero-order chi connectivity index (χ0) is 25.2. The number of ether oxygens (including phenoxy) is 2. The van der Waals surface area contributed by atoms with E-state index in [1.54, 1.807) is 44.4 Å². The number of para-hydroxylation sites is 2. The molecule has 182 valence electrons. The highest BCUT2D eigenvalue weighted by atomic mass is 32.1. The third-order valence-corrected chi connectivity index (χ3v) is 6.95. The summed E-state index contributed by atoms with van der Waals surface area (Å²) in [6.45, 7) is 3.39. The number of hydrogen-bond acceptors (Lipinski definition) is 6. The van der Waals surface area contributed by atoms with Crippen LogP contribution in [0.4, 0.5) is 11.4 Å². The van der Waals surface area contributed by atoms with E-state index in [1.165, 1.54) is 4.90 Å². The number of hydrogen-bond donors (Lipinski definition) is 1. The Labute approximate surface area is 213 Å². The molecule has 0 saturated heterocycles. The Hall–Kier alpha value is -4.17. The van der Waals surface area contributed by atoms with Gasteiger partial charge in [0.05, 0.1) is 24.2 Å². The van der Waals surface area contributed by atoms with Gasteiger partial charge in [0.1, 0.15) is 22.5 Å². The highest BCUT2D eigenvalue weighted by Crippen LogP contribution is 2.39. The molecule has 0 fully saturated rings. The molecule has 2 heterocycles. The number of rotatable bonds is 6. The Kier molecular flexibility index (Phi) is 6.43. The first kappa shape index (κ1) is 23.6. The lowest BCUT2D eigenvalue weighted by Crippen LogP contribution is -2.52. The lowest BCUT2D eigenvalue weighted by atomic mass is 10.1. The van der Waals surface area contributed by atoms with E-state index in [-0.39, 0.29) is 11.8 Å². The van der Waals surface area contributed by atoms with Crippen molar-refractivity contribution < 1.29 is 19.1 Å². The van der Waals surface area contributed by atoms with Crippen molar-refractivity contribution in [1.82, 2.24) is 4.98 Å². The first-order valence-corrected chi connectivity index (χ1v) is 12.4. The normalized spacial score (nSPS) is 15.6. The van der Waals surface area contributed by atoms with Gasteiger partial charge in [-0.3, -0.25) is 14.5 Å². The van der Waals surface area contributed by atoms with Crippen LogP contribution in [-0.4, -0.2) is 36.1 Å². The van der Waals surface area contributed by atoms with Gasteiger partial charge in [-0.1, -0.05) is 42.5 Å². The van der Waals surface area contributed by atoms with Crippen LogP contribution in [0.1, 0.15) is 13.8 Å². The molecule has 0 radical (unpaired) electrons. The molecule has 8 heteroatoms. The highest BCUT2D eigenvalue weighted by molar-refractivity contribution is 7.13. The third kappa shape index (κ3) is 4.43.